The SMILES string of the molecule is CN(Cc1ccccc1)C(=O)OC1COCOC1. The monoisotopic (exact) mass is 251 g/mol. The average Bonchev–Trinajstić information content (AvgIpc) is 2.41. The van der Waals surface area contributed by atoms with Gasteiger partial charge in [0.15, 0.2) is 6.10 Å². The van der Waals surface area contributed by atoms with E-state index >= 15 is 0 Å². The summed E-state index contributed by atoms with van der Waals surface area (Å²) in [5.74, 6) is 0. The van der Waals surface area contributed by atoms with Gasteiger partial charge in [-0.15, -0.1) is 0 Å². The first-order chi connectivity index (χ1) is 8.75. The fourth-order valence-electron chi connectivity index (χ4n) is 1.69. The third-order valence-corrected chi connectivity index (χ3v) is 2.62. The van der Waals surface area contributed by atoms with Crippen molar-refractivity contribution < 1.29 is 19.0 Å². The first kappa shape index (κ1) is 12.9. The Kier molecular flexibility index (Phi) is 4.55. The molecule has 0 bridgehead atoms. The quantitative estimate of drug-likeness (QED) is 0.819. The first-order valence-corrected chi connectivity index (χ1v) is 5.87. The molecule has 1 fully saturated rings. The molecular formula is C13H17NO4. The highest BCUT2D eigenvalue weighted by Gasteiger charge is 2.20. The first-order valence-electron chi connectivity index (χ1n) is 5.87. The Morgan fingerprint density at radius 1 is 1.33 bits per heavy atom. The maximum Gasteiger partial charge on any atom is 0.410 e. The fourth-order valence-corrected chi connectivity index (χ4v) is 1.69. The second kappa shape index (κ2) is 6.37. The lowest BCUT2D eigenvalue weighted by atomic mass is 10.2. The van der Waals surface area contributed by atoms with Gasteiger partial charge >= 0.3 is 6.09 Å². The number of benzene rings is 1. The zero-order valence-electron chi connectivity index (χ0n) is 10.4. The van der Waals surface area contributed by atoms with Crippen molar-refractivity contribution in [2.45, 2.75) is 12.6 Å². The zero-order chi connectivity index (χ0) is 12.8. The Hall–Kier alpha value is -1.59. The molecule has 0 spiro atoms. The summed E-state index contributed by atoms with van der Waals surface area (Å²) in [5, 5.41) is 0. The second-order valence-corrected chi connectivity index (χ2v) is 4.21. The molecule has 1 aromatic carbocycles. The van der Waals surface area contributed by atoms with Gasteiger partial charge in [-0.25, -0.2) is 4.79 Å². The maximum atomic E-state index is 11.8. The van der Waals surface area contributed by atoms with E-state index in [1.54, 1.807) is 7.05 Å². The van der Waals surface area contributed by atoms with Crippen molar-refractivity contribution in [3.8, 4) is 0 Å². The molecule has 1 aliphatic heterocycles. The number of carbonyl (C=O) groups is 1. The highest BCUT2D eigenvalue weighted by atomic mass is 16.7. The van der Waals surface area contributed by atoms with Crippen molar-refractivity contribution in [3.05, 3.63) is 35.9 Å². The summed E-state index contributed by atoms with van der Waals surface area (Å²) in [6.45, 7) is 1.58. The summed E-state index contributed by atoms with van der Waals surface area (Å²) in [6, 6.07) is 9.76. The van der Waals surface area contributed by atoms with Crippen LogP contribution in [0, 0.1) is 0 Å². The van der Waals surface area contributed by atoms with E-state index in [0.717, 1.165) is 5.56 Å². The number of nitrogens with zero attached hydrogens (tertiary/aromatic N) is 1. The van der Waals surface area contributed by atoms with Crippen molar-refractivity contribution in [2.24, 2.45) is 0 Å². The molecule has 5 heteroatoms. The van der Waals surface area contributed by atoms with E-state index in [2.05, 4.69) is 0 Å². The van der Waals surface area contributed by atoms with Gasteiger partial charge in [-0.05, 0) is 5.56 Å². The van der Waals surface area contributed by atoms with E-state index in [9.17, 15) is 4.79 Å². The molecule has 1 saturated heterocycles. The Morgan fingerprint density at radius 3 is 2.67 bits per heavy atom. The summed E-state index contributed by atoms with van der Waals surface area (Å²) in [4.78, 5) is 13.3. The smallest absolute Gasteiger partial charge is 0.410 e. The van der Waals surface area contributed by atoms with Gasteiger partial charge in [0.1, 0.15) is 6.79 Å². The Labute approximate surface area is 106 Å². The molecule has 0 N–H and O–H groups in total. The molecule has 0 atom stereocenters. The third kappa shape index (κ3) is 3.72. The van der Waals surface area contributed by atoms with Crippen LogP contribution in [0.3, 0.4) is 0 Å². The standard InChI is InChI=1S/C13H17NO4/c1-14(7-11-5-3-2-4-6-11)13(15)18-12-8-16-10-17-9-12/h2-6,12H,7-10H2,1H3. The van der Waals surface area contributed by atoms with E-state index in [1.807, 2.05) is 30.3 Å². The molecule has 0 radical (unpaired) electrons. The van der Waals surface area contributed by atoms with Gasteiger partial charge in [0.05, 0.1) is 13.2 Å². The summed E-state index contributed by atoms with van der Waals surface area (Å²) in [5.41, 5.74) is 1.06. The van der Waals surface area contributed by atoms with Crippen molar-refractivity contribution >= 4 is 6.09 Å². The maximum absolute atomic E-state index is 11.8. The molecule has 1 heterocycles. The molecule has 0 aliphatic carbocycles. The predicted molar refractivity (Wildman–Crippen MR) is 64.9 cm³/mol. The summed E-state index contributed by atoms with van der Waals surface area (Å²) in [6.07, 6.45) is -0.678. The van der Waals surface area contributed by atoms with Crippen LogP contribution in [-0.2, 0) is 20.8 Å². The van der Waals surface area contributed by atoms with Gasteiger partial charge in [0.2, 0.25) is 0 Å². The molecule has 5 nitrogen and oxygen atoms in total. The second-order valence-electron chi connectivity index (χ2n) is 4.21. The lowest BCUT2D eigenvalue weighted by molar-refractivity contribution is -0.153. The van der Waals surface area contributed by atoms with Crippen LogP contribution in [0.4, 0.5) is 4.79 Å². The van der Waals surface area contributed by atoms with Gasteiger partial charge in [-0.2, -0.15) is 0 Å². The molecule has 1 amide bonds. The molecular weight excluding hydrogens is 234 g/mol. The number of hydrogen-bond donors (Lipinski definition) is 0. The van der Waals surface area contributed by atoms with Crippen LogP contribution in [0.25, 0.3) is 0 Å². The molecule has 18 heavy (non-hydrogen) atoms. The fraction of sp³-hybridized carbons (Fsp3) is 0.462. The topological polar surface area (TPSA) is 48.0 Å². The van der Waals surface area contributed by atoms with E-state index < -0.39 is 0 Å². The average molecular weight is 251 g/mol. The largest absolute Gasteiger partial charge is 0.441 e. The normalized spacial score (nSPS) is 16.3. The molecule has 1 aliphatic rings. The number of hydrogen-bond acceptors (Lipinski definition) is 4. The van der Waals surface area contributed by atoms with Crippen molar-refractivity contribution in [2.75, 3.05) is 27.1 Å². The van der Waals surface area contributed by atoms with Crippen molar-refractivity contribution in [1.82, 2.24) is 4.90 Å². The van der Waals surface area contributed by atoms with Crippen LogP contribution in [0.2, 0.25) is 0 Å². The predicted octanol–water partition coefficient (Wildman–Crippen LogP) is 1.63. The Balaban J connectivity index is 1.81. The van der Waals surface area contributed by atoms with Gasteiger partial charge in [0.25, 0.3) is 0 Å². The molecule has 1 aromatic rings. The van der Waals surface area contributed by atoms with Crippen molar-refractivity contribution in [3.63, 3.8) is 0 Å². The number of rotatable bonds is 3. The highest BCUT2D eigenvalue weighted by molar-refractivity contribution is 5.67. The highest BCUT2D eigenvalue weighted by Crippen LogP contribution is 2.07. The number of amides is 1. The van der Waals surface area contributed by atoms with Crippen LogP contribution in [0.5, 0.6) is 0 Å². The summed E-state index contributed by atoms with van der Waals surface area (Å²) in [7, 11) is 1.71. The lowest BCUT2D eigenvalue weighted by Crippen LogP contribution is -2.37. The summed E-state index contributed by atoms with van der Waals surface area (Å²) >= 11 is 0. The molecule has 0 saturated carbocycles. The minimum absolute atomic E-state index is 0.272. The minimum Gasteiger partial charge on any atom is -0.441 e. The lowest BCUT2D eigenvalue weighted by Gasteiger charge is -2.25. The molecule has 2 rings (SSSR count). The van der Waals surface area contributed by atoms with E-state index in [1.165, 1.54) is 4.90 Å². The van der Waals surface area contributed by atoms with E-state index in [4.69, 9.17) is 14.2 Å². The Bertz CT molecular complexity index is 376. The minimum atomic E-state index is -0.363. The molecule has 0 aromatic heterocycles. The van der Waals surface area contributed by atoms with Crippen LogP contribution < -0.4 is 0 Å². The van der Waals surface area contributed by atoms with Crippen molar-refractivity contribution in [1.29, 1.82) is 0 Å². The van der Waals surface area contributed by atoms with Gasteiger partial charge in [0, 0.05) is 13.6 Å². The van der Waals surface area contributed by atoms with E-state index in [0.29, 0.717) is 19.8 Å². The zero-order valence-corrected chi connectivity index (χ0v) is 10.4. The van der Waals surface area contributed by atoms with Crippen LogP contribution in [0.1, 0.15) is 5.56 Å². The van der Waals surface area contributed by atoms with Crippen LogP contribution in [-0.4, -0.2) is 44.2 Å². The molecule has 98 valence electrons. The number of carbonyl (C=O) groups excluding carboxylic acids is 1. The van der Waals surface area contributed by atoms with Gasteiger partial charge < -0.3 is 19.1 Å². The van der Waals surface area contributed by atoms with Crippen LogP contribution in [0.15, 0.2) is 30.3 Å². The van der Waals surface area contributed by atoms with Crippen LogP contribution >= 0.6 is 0 Å². The van der Waals surface area contributed by atoms with Gasteiger partial charge in [-0.1, -0.05) is 30.3 Å². The third-order valence-electron chi connectivity index (χ3n) is 2.62. The molecule has 0 unspecified atom stereocenters. The number of ether oxygens (including phenoxy) is 3. The summed E-state index contributed by atoms with van der Waals surface area (Å²) < 4.78 is 15.4. The van der Waals surface area contributed by atoms with E-state index in [-0.39, 0.29) is 19.0 Å². The Morgan fingerprint density at radius 2 is 2.00 bits per heavy atom. The van der Waals surface area contributed by atoms with Gasteiger partial charge in [-0.3, -0.25) is 0 Å².